The molecular weight excluding hydrogens is 457 g/mol. The number of nitrogens with one attached hydrogen (secondary N) is 2. The maximum atomic E-state index is 12.3. The van der Waals surface area contributed by atoms with Gasteiger partial charge in [-0.1, -0.05) is 0 Å². The van der Waals surface area contributed by atoms with Gasteiger partial charge in [0.2, 0.25) is 5.88 Å². The minimum atomic E-state index is -5.39. The number of amides is 1. The van der Waals surface area contributed by atoms with Gasteiger partial charge in [0, 0.05) is 23.3 Å². The van der Waals surface area contributed by atoms with E-state index in [1.54, 1.807) is 0 Å². The quantitative estimate of drug-likeness (QED) is 0.559. The molecule has 13 heteroatoms. The number of hydrogen-bond donors (Lipinski definition) is 2. The number of halogens is 4. The average Bonchev–Trinajstić information content (AvgIpc) is 3.34. The number of carbonyl (C=O) groups is 1. The number of rotatable bonds is 8. The highest BCUT2D eigenvalue weighted by molar-refractivity contribution is 9.10. The Morgan fingerprint density at radius 3 is 2.67 bits per heavy atom. The topological polar surface area (TPSA) is 121 Å². The van der Waals surface area contributed by atoms with E-state index in [4.69, 9.17) is 10.00 Å². The van der Waals surface area contributed by atoms with Crippen molar-refractivity contribution in [2.24, 2.45) is 0 Å². The van der Waals surface area contributed by atoms with E-state index in [-0.39, 0.29) is 24.5 Å². The minimum Gasteiger partial charge on any atom is -0.478 e. The summed E-state index contributed by atoms with van der Waals surface area (Å²) in [5, 5.41) is 11.6. The first kappa shape index (κ1) is 21.4. The van der Waals surface area contributed by atoms with Crippen LogP contribution in [-0.2, 0) is 10.0 Å². The van der Waals surface area contributed by atoms with Gasteiger partial charge in [-0.15, -0.1) is 0 Å². The second-order valence-corrected chi connectivity index (χ2v) is 8.31. The molecular formula is C14H14BrF3N4O4S. The summed E-state index contributed by atoms with van der Waals surface area (Å²) in [4.78, 5) is 16.2. The zero-order chi connectivity index (χ0) is 20.3. The fourth-order valence-corrected chi connectivity index (χ4v) is 2.86. The molecule has 1 fully saturated rings. The molecule has 0 aromatic carbocycles. The molecule has 0 bridgehead atoms. The Kier molecular flexibility index (Phi) is 6.33. The van der Waals surface area contributed by atoms with Crippen LogP contribution in [0.2, 0.25) is 0 Å². The van der Waals surface area contributed by atoms with Gasteiger partial charge >= 0.3 is 15.5 Å². The summed E-state index contributed by atoms with van der Waals surface area (Å²) in [6.07, 6.45) is 2.39. The Bertz CT molecular complexity index is 866. The molecule has 1 aromatic rings. The largest absolute Gasteiger partial charge is 0.511 e. The number of ether oxygens (including phenoxy) is 1. The molecule has 0 aliphatic heterocycles. The first-order chi connectivity index (χ1) is 12.5. The zero-order valence-electron chi connectivity index (χ0n) is 13.6. The number of sulfonamides is 1. The number of aromatic nitrogens is 1. The molecule has 1 heterocycles. The second-order valence-electron chi connectivity index (χ2n) is 5.70. The number of pyridine rings is 1. The highest BCUT2D eigenvalue weighted by Gasteiger charge is 2.45. The predicted molar refractivity (Wildman–Crippen MR) is 90.1 cm³/mol. The molecule has 1 aromatic heterocycles. The SMILES string of the molecule is N#CC1(NC(=O)c2cc(OCCCNS(=O)(=O)C(F)(F)F)ncc2Br)CC1. The van der Waals surface area contributed by atoms with E-state index in [9.17, 15) is 26.4 Å². The smallest absolute Gasteiger partial charge is 0.478 e. The maximum Gasteiger partial charge on any atom is 0.511 e. The molecule has 27 heavy (non-hydrogen) atoms. The molecule has 1 aliphatic rings. The molecule has 0 saturated heterocycles. The summed E-state index contributed by atoms with van der Waals surface area (Å²) >= 11 is 3.17. The van der Waals surface area contributed by atoms with Crippen LogP contribution in [0.15, 0.2) is 16.7 Å². The molecule has 0 radical (unpaired) electrons. The van der Waals surface area contributed by atoms with Crippen molar-refractivity contribution >= 4 is 31.9 Å². The van der Waals surface area contributed by atoms with Gasteiger partial charge in [0.1, 0.15) is 5.54 Å². The van der Waals surface area contributed by atoms with Gasteiger partial charge < -0.3 is 10.1 Å². The van der Waals surface area contributed by atoms with Gasteiger partial charge in [-0.3, -0.25) is 4.79 Å². The van der Waals surface area contributed by atoms with E-state index in [0.717, 1.165) is 0 Å². The van der Waals surface area contributed by atoms with Gasteiger partial charge in [-0.2, -0.15) is 18.4 Å². The third kappa shape index (κ3) is 5.53. The number of alkyl halides is 3. The van der Waals surface area contributed by atoms with Crippen molar-refractivity contribution in [3.8, 4) is 11.9 Å². The third-order valence-electron chi connectivity index (χ3n) is 3.56. The molecule has 0 unspecified atom stereocenters. The van der Waals surface area contributed by atoms with Crippen LogP contribution in [0, 0.1) is 11.3 Å². The number of nitriles is 1. The van der Waals surface area contributed by atoms with Crippen molar-refractivity contribution in [3.05, 3.63) is 22.3 Å². The predicted octanol–water partition coefficient (Wildman–Crippen LogP) is 1.84. The number of carbonyl (C=O) groups excluding carboxylic acids is 1. The maximum absolute atomic E-state index is 12.3. The molecule has 1 aliphatic carbocycles. The summed E-state index contributed by atoms with van der Waals surface area (Å²) in [6.45, 7) is -0.603. The molecule has 8 nitrogen and oxygen atoms in total. The molecule has 2 rings (SSSR count). The van der Waals surface area contributed by atoms with Gasteiger partial charge in [-0.05, 0) is 35.2 Å². The lowest BCUT2D eigenvalue weighted by Crippen LogP contribution is -2.37. The van der Waals surface area contributed by atoms with Crippen molar-refractivity contribution < 1.29 is 31.1 Å². The number of hydrogen-bond acceptors (Lipinski definition) is 6. The lowest BCUT2D eigenvalue weighted by atomic mass is 10.2. The van der Waals surface area contributed by atoms with Crippen LogP contribution >= 0.6 is 15.9 Å². The normalized spacial score (nSPS) is 15.7. The number of nitrogens with zero attached hydrogens (tertiary/aromatic N) is 2. The van der Waals surface area contributed by atoms with Crippen molar-refractivity contribution in [3.63, 3.8) is 0 Å². The monoisotopic (exact) mass is 470 g/mol. The summed E-state index contributed by atoms with van der Waals surface area (Å²) in [5.74, 6) is -0.463. The van der Waals surface area contributed by atoms with Gasteiger partial charge in [-0.25, -0.2) is 18.1 Å². The van der Waals surface area contributed by atoms with E-state index >= 15 is 0 Å². The van der Waals surface area contributed by atoms with Crippen molar-refractivity contribution in [2.45, 2.75) is 30.3 Å². The molecule has 0 atom stereocenters. The van der Waals surface area contributed by atoms with Crippen molar-refractivity contribution in [1.29, 1.82) is 5.26 Å². The Balaban J connectivity index is 1.87. The van der Waals surface area contributed by atoms with E-state index < -0.39 is 33.5 Å². The van der Waals surface area contributed by atoms with Crippen LogP contribution in [0.4, 0.5) is 13.2 Å². The van der Waals surface area contributed by atoms with E-state index in [2.05, 4.69) is 26.2 Å². The molecule has 1 amide bonds. The Morgan fingerprint density at radius 1 is 1.44 bits per heavy atom. The van der Waals surface area contributed by atoms with Crippen LogP contribution in [0.5, 0.6) is 5.88 Å². The Morgan fingerprint density at radius 2 is 2.11 bits per heavy atom. The Labute approximate surface area is 161 Å². The van der Waals surface area contributed by atoms with E-state index in [0.29, 0.717) is 17.3 Å². The second kappa shape index (κ2) is 7.99. The van der Waals surface area contributed by atoms with Crippen LogP contribution < -0.4 is 14.8 Å². The molecule has 148 valence electrons. The first-order valence-electron chi connectivity index (χ1n) is 7.58. The van der Waals surface area contributed by atoms with E-state index in [1.807, 2.05) is 6.07 Å². The summed E-state index contributed by atoms with van der Waals surface area (Å²) in [5.41, 5.74) is -6.04. The lowest BCUT2D eigenvalue weighted by Gasteiger charge is -2.12. The van der Waals surface area contributed by atoms with Gasteiger partial charge in [0.25, 0.3) is 5.91 Å². The molecule has 1 saturated carbocycles. The highest BCUT2D eigenvalue weighted by atomic mass is 79.9. The van der Waals surface area contributed by atoms with Crippen LogP contribution in [0.1, 0.15) is 29.6 Å². The summed E-state index contributed by atoms with van der Waals surface area (Å²) in [7, 11) is -5.39. The fourth-order valence-electron chi connectivity index (χ4n) is 1.88. The standard InChI is InChI=1S/C14H14BrF3N4O4S/c15-10-7-20-11(6-9(10)12(23)22-13(8-19)2-3-13)26-5-1-4-21-27(24,25)14(16,17)18/h6-7,21H,1-5H2,(H,22,23). The van der Waals surface area contributed by atoms with Crippen LogP contribution in [0.3, 0.4) is 0 Å². The van der Waals surface area contributed by atoms with Crippen LogP contribution in [0.25, 0.3) is 0 Å². The lowest BCUT2D eigenvalue weighted by molar-refractivity contribution is -0.0447. The van der Waals surface area contributed by atoms with E-state index in [1.165, 1.54) is 17.0 Å². The van der Waals surface area contributed by atoms with Gasteiger partial charge in [0.15, 0.2) is 0 Å². The van der Waals surface area contributed by atoms with Crippen molar-refractivity contribution in [2.75, 3.05) is 13.2 Å². The zero-order valence-corrected chi connectivity index (χ0v) is 16.0. The van der Waals surface area contributed by atoms with Crippen LogP contribution in [-0.4, -0.2) is 43.5 Å². The van der Waals surface area contributed by atoms with Gasteiger partial charge in [0.05, 0.1) is 18.2 Å². The average molecular weight is 471 g/mol. The summed E-state index contributed by atoms with van der Waals surface area (Å²) < 4.78 is 65.1. The third-order valence-corrected chi connectivity index (χ3v) is 5.39. The van der Waals surface area contributed by atoms with Crippen molar-refractivity contribution in [1.82, 2.24) is 15.0 Å². The fraction of sp³-hybridized carbons (Fsp3) is 0.500. The molecule has 2 N–H and O–H groups in total. The Hall–Kier alpha value is -1.91. The summed E-state index contributed by atoms with van der Waals surface area (Å²) in [6, 6.07) is 3.34. The molecule has 0 spiro atoms. The first-order valence-corrected chi connectivity index (χ1v) is 9.85. The highest BCUT2D eigenvalue weighted by Crippen LogP contribution is 2.35. The minimum absolute atomic E-state index is 0.0313.